The number of aryl methyl sites for hydroxylation is 1. The van der Waals surface area contributed by atoms with Crippen molar-refractivity contribution in [3.8, 4) is 0 Å². The van der Waals surface area contributed by atoms with Crippen LogP contribution in [-0.2, 0) is 23.1 Å². The van der Waals surface area contributed by atoms with Gasteiger partial charge in [-0.1, -0.05) is 19.1 Å². The van der Waals surface area contributed by atoms with Crippen molar-refractivity contribution < 1.29 is 13.5 Å². The molecule has 19 heavy (non-hydrogen) atoms. The number of aliphatic hydroxyl groups is 1. The molecule has 0 aliphatic heterocycles. The van der Waals surface area contributed by atoms with E-state index in [-0.39, 0.29) is 12.1 Å². The Hall–Kier alpha value is -0.910. The summed E-state index contributed by atoms with van der Waals surface area (Å²) in [5, 5.41) is 9.17. The summed E-state index contributed by atoms with van der Waals surface area (Å²) in [4.78, 5) is 0.301. The molecule has 1 fully saturated rings. The highest BCUT2D eigenvalue weighted by molar-refractivity contribution is 7.89. The van der Waals surface area contributed by atoms with E-state index >= 15 is 0 Å². The zero-order chi connectivity index (χ0) is 14.1. The van der Waals surface area contributed by atoms with Crippen molar-refractivity contribution in [2.75, 3.05) is 0 Å². The fourth-order valence-corrected chi connectivity index (χ4v) is 4.26. The number of benzene rings is 1. The molecular formula is C14H21NO3S. The SMILES string of the molecule is CCc1ccc(CO)cc1S(=O)(=O)NC1(C)CCC1. The molecule has 0 heterocycles. The normalized spacial score (nSPS) is 18.1. The number of aliphatic hydroxyl groups excluding tert-OH is 1. The van der Waals surface area contributed by atoms with Gasteiger partial charge < -0.3 is 5.11 Å². The molecule has 0 bridgehead atoms. The van der Waals surface area contributed by atoms with Crippen molar-refractivity contribution in [1.82, 2.24) is 4.72 Å². The molecule has 0 aromatic heterocycles. The van der Waals surface area contributed by atoms with Gasteiger partial charge in [-0.05, 0) is 49.8 Å². The van der Waals surface area contributed by atoms with Gasteiger partial charge in [0.1, 0.15) is 0 Å². The van der Waals surface area contributed by atoms with Gasteiger partial charge in [0.05, 0.1) is 11.5 Å². The topological polar surface area (TPSA) is 66.4 Å². The highest BCUT2D eigenvalue weighted by atomic mass is 32.2. The first-order valence-corrected chi connectivity index (χ1v) is 8.15. The Morgan fingerprint density at radius 3 is 2.53 bits per heavy atom. The highest BCUT2D eigenvalue weighted by Crippen LogP contribution is 2.33. The monoisotopic (exact) mass is 283 g/mol. The molecule has 4 nitrogen and oxygen atoms in total. The van der Waals surface area contributed by atoms with Gasteiger partial charge in [-0.2, -0.15) is 0 Å². The summed E-state index contributed by atoms with van der Waals surface area (Å²) in [5.74, 6) is 0. The van der Waals surface area contributed by atoms with Crippen molar-refractivity contribution in [3.63, 3.8) is 0 Å². The third-order valence-corrected chi connectivity index (χ3v) is 5.54. The van der Waals surface area contributed by atoms with Crippen LogP contribution in [0.15, 0.2) is 23.1 Å². The minimum absolute atomic E-state index is 0.149. The molecule has 0 atom stereocenters. The Labute approximate surface area is 114 Å². The predicted molar refractivity (Wildman–Crippen MR) is 74.3 cm³/mol. The molecule has 2 N–H and O–H groups in total. The maximum atomic E-state index is 12.5. The smallest absolute Gasteiger partial charge is 0.241 e. The van der Waals surface area contributed by atoms with E-state index in [2.05, 4.69) is 4.72 Å². The van der Waals surface area contributed by atoms with Crippen LogP contribution in [-0.4, -0.2) is 19.1 Å². The summed E-state index contributed by atoms with van der Waals surface area (Å²) in [6.45, 7) is 3.72. The van der Waals surface area contributed by atoms with Crippen LogP contribution in [0.25, 0.3) is 0 Å². The van der Waals surface area contributed by atoms with Gasteiger partial charge in [0, 0.05) is 5.54 Å². The van der Waals surface area contributed by atoms with E-state index in [9.17, 15) is 8.42 Å². The number of sulfonamides is 1. The van der Waals surface area contributed by atoms with Gasteiger partial charge in [-0.3, -0.25) is 0 Å². The van der Waals surface area contributed by atoms with Crippen molar-refractivity contribution in [2.45, 2.75) is 56.6 Å². The summed E-state index contributed by atoms with van der Waals surface area (Å²) < 4.78 is 27.8. The number of hydrogen-bond donors (Lipinski definition) is 2. The molecule has 5 heteroatoms. The molecule has 1 aromatic rings. The largest absolute Gasteiger partial charge is 0.392 e. The molecule has 0 radical (unpaired) electrons. The zero-order valence-electron chi connectivity index (χ0n) is 11.4. The van der Waals surface area contributed by atoms with Crippen molar-refractivity contribution in [2.24, 2.45) is 0 Å². The first kappa shape index (κ1) is 14.5. The van der Waals surface area contributed by atoms with E-state index < -0.39 is 10.0 Å². The van der Waals surface area contributed by atoms with Crippen LogP contribution in [0.1, 0.15) is 44.2 Å². The third kappa shape index (κ3) is 2.99. The standard InChI is InChI=1S/C14H21NO3S/c1-3-12-6-5-11(10-16)9-13(12)19(17,18)15-14(2)7-4-8-14/h5-6,9,15-16H,3-4,7-8,10H2,1-2H3. The molecule has 2 rings (SSSR count). The van der Waals surface area contributed by atoms with E-state index in [4.69, 9.17) is 5.11 Å². The van der Waals surface area contributed by atoms with Crippen LogP contribution in [0.4, 0.5) is 0 Å². The fraction of sp³-hybridized carbons (Fsp3) is 0.571. The average Bonchev–Trinajstić information content (AvgIpc) is 2.35. The molecule has 1 aliphatic rings. The summed E-state index contributed by atoms with van der Waals surface area (Å²) in [6, 6.07) is 5.12. The van der Waals surface area contributed by atoms with Crippen molar-refractivity contribution in [3.05, 3.63) is 29.3 Å². The van der Waals surface area contributed by atoms with Gasteiger partial charge in [0.25, 0.3) is 0 Å². The lowest BCUT2D eigenvalue weighted by molar-refractivity contribution is 0.248. The van der Waals surface area contributed by atoms with E-state index in [1.165, 1.54) is 0 Å². The van der Waals surface area contributed by atoms with E-state index in [0.717, 1.165) is 24.8 Å². The van der Waals surface area contributed by atoms with Crippen LogP contribution >= 0.6 is 0 Å². The van der Waals surface area contributed by atoms with Gasteiger partial charge in [0.2, 0.25) is 10.0 Å². The molecule has 0 unspecified atom stereocenters. The van der Waals surface area contributed by atoms with E-state index in [1.54, 1.807) is 18.2 Å². The molecule has 106 valence electrons. The molecule has 0 saturated heterocycles. The van der Waals surface area contributed by atoms with Crippen LogP contribution in [0.2, 0.25) is 0 Å². The summed E-state index contributed by atoms with van der Waals surface area (Å²) in [7, 11) is -3.52. The maximum Gasteiger partial charge on any atom is 0.241 e. The average molecular weight is 283 g/mol. The van der Waals surface area contributed by atoms with Crippen LogP contribution < -0.4 is 4.72 Å². The lowest BCUT2D eigenvalue weighted by atomic mass is 9.80. The minimum atomic E-state index is -3.52. The third-order valence-electron chi connectivity index (χ3n) is 3.82. The second kappa shape index (κ2) is 5.23. The summed E-state index contributed by atoms with van der Waals surface area (Å²) in [6.07, 6.45) is 3.48. The summed E-state index contributed by atoms with van der Waals surface area (Å²) >= 11 is 0. The molecule has 0 amide bonds. The maximum absolute atomic E-state index is 12.5. The Morgan fingerprint density at radius 1 is 1.37 bits per heavy atom. The fourth-order valence-electron chi connectivity index (χ4n) is 2.43. The Balaban J connectivity index is 2.38. The first-order chi connectivity index (χ1) is 8.90. The van der Waals surface area contributed by atoms with Gasteiger partial charge in [-0.25, -0.2) is 13.1 Å². The lowest BCUT2D eigenvalue weighted by Crippen LogP contribution is -2.50. The van der Waals surface area contributed by atoms with Gasteiger partial charge >= 0.3 is 0 Å². The van der Waals surface area contributed by atoms with E-state index in [0.29, 0.717) is 16.9 Å². The lowest BCUT2D eigenvalue weighted by Gasteiger charge is -2.38. The van der Waals surface area contributed by atoms with Crippen LogP contribution in [0.3, 0.4) is 0 Å². The Bertz CT molecular complexity index is 562. The molecule has 1 aliphatic carbocycles. The first-order valence-electron chi connectivity index (χ1n) is 6.67. The molecule has 0 spiro atoms. The molecule has 1 saturated carbocycles. The number of nitrogens with one attached hydrogen (secondary N) is 1. The Morgan fingerprint density at radius 2 is 2.05 bits per heavy atom. The molecular weight excluding hydrogens is 262 g/mol. The summed E-state index contributed by atoms with van der Waals surface area (Å²) in [5.41, 5.74) is 1.10. The van der Waals surface area contributed by atoms with E-state index in [1.807, 2.05) is 13.8 Å². The number of hydrogen-bond acceptors (Lipinski definition) is 3. The zero-order valence-corrected chi connectivity index (χ0v) is 12.3. The van der Waals surface area contributed by atoms with Gasteiger partial charge in [0.15, 0.2) is 0 Å². The van der Waals surface area contributed by atoms with Gasteiger partial charge in [-0.15, -0.1) is 0 Å². The van der Waals surface area contributed by atoms with Crippen LogP contribution in [0, 0.1) is 0 Å². The quantitative estimate of drug-likeness (QED) is 0.868. The van der Waals surface area contributed by atoms with Crippen LogP contribution in [0.5, 0.6) is 0 Å². The Kier molecular flexibility index (Phi) is 3.99. The highest BCUT2D eigenvalue weighted by Gasteiger charge is 2.36. The second-order valence-corrected chi connectivity index (χ2v) is 7.12. The second-order valence-electron chi connectivity index (χ2n) is 5.47. The minimum Gasteiger partial charge on any atom is -0.392 e. The van der Waals surface area contributed by atoms with Crippen molar-refractivity contribution in [1.29, 1.82) is 0 Å². The number of rotatable bonds is 5. The predicted octanol–water partition coefficient (Wildman–Crippen LogP) is 1.96. The van der Waals surface area contributed by atoms with Crippen molar-refractivity contribution >= 4 is 10.0 Å². The molecule has 1 aromatic carbocycles.